The van der Waals surface area contributed by atoms with Gasteiger partial charge in [0, 0.05) is 6.04 Å². The van der Waals surface area contributed by atoms with E-state index in [4.69, 9.17) is 10.8 Å². The lowest BCUT2D eigenvalue weighted by molar-refractivity contribution is 0.282. The molecule has 1 aromatic rings. The van der Waals surface area contributed by atoms with Gasteiger partial charge in [0.15, 0.2) is 0 Å². The zero-order chi connectivity index (χ0) is 13.6. The van der Waals surface area contributed by atoms with Crippen LogP contribution < -0.4 is 5.73 Å². The summed E-state index contributed by atoms with van der Waals surface area (Å²) < 4.78 is 0. The Bertz CT molecular complexity index is 331. The first-order valence-electron chi connectivity index (χ1n) is 6.89. The average molecular weight is 249 g/mol. The van der Waals surface area contributed by atoms with Crippen molar-refractivity contribution >= 4 is 0 Å². The van der Waals surface area contributed by atoms with Gasteiger partial charge in [-0.05, 0) is 29.4 Å². The van der Waals surface area contributed by atoms with Gasteiger partial charge in [-0.3, -0.25) is 0 Å². The highest BCUT2D eigenvalue weighted by molar-refractivity contribution is 5.26. The van der Waals surface area contributed by atoms with E-state index >= 15 is 0 Å². The molecule has 102 valence electrons. The highest BCUT2D eigenvalue weighted by Crippen LogP contribution is 2.21. The van der Waals surface area contributed by atoms with Gasteiger partial charge in [-0.2, -0.15) is 0 Å². The van der Waals surface area contributed by atoms with E-state index in [1.807, 2.05) is 12.1 Å². The number of rotatable bonds is 1. The highest BCUT2D eigenvalue weighted by atomic mass is 16.3. The lowest BCUT2D eigenvalue weighted by Crippen LogP contribution is -2.13. The fraction of sp³-hybridized carbons (Fsp3) is 0.625. The maximum atomic E-state index is 8.83. The molecule has 1 aliphatic carbocycles. The standard InChI is InChI=1S/C11H16O.C5H11N/c1-11(2,3)10-6-4-9(8-12)5-7-10;6-5-3-1-2-4-5/h4-7,12H,8H2,1-3H3;5H,1-4,6H2. The molecule has 1 fully saturated rings. The Hall–Kier alpha value is -0.860. The van der Waals surface area contributed by atoms with E-state index in [0.717, 1.165) is 5.56 Å². The third-order valence-corrected chi connectivity index (χ3v) is 3.40. The minimum Gasteiger partial charge on any atom is -0.392 e. The lowest BCUT2D eigenvalue weighted by Gasteiger charge is -2.18. The van der Waals surface area contributed by atoms with E-state index < -0.39 is 0 Å². The molecule has 2 rings (SSSR count). The monoisotopic (exact) mass is 249 g/mol. The second kappa shape index (κ2) is 6.91. The number of hydrogen-bond donors (Lipinski definition) is 2. The molecule has 0 amide bonds. The summed E-state index contributed by atoms with van der Waals surface area (Å²) >= 11 is 0. The van der Waals surface area contributed by atoms with Gasteiger partial charge in [-0.25, -0.2) is 0 Å². The molecule has 1 aliphatic rings. The van der Waals surface area contributed by atoms with Crippen LogP contribution in [0.1, 0.15) is 57.6 Å². The van der Waals surface area contributed by atoms with Crippen LogP contribution in [-0.2, 0) is 12.0 Å². The first-order valence-corrected chi connectivity index (χ1v) is 6.89. The van der Waals surface area contributed by atoms with Crippen LogP contribution in [0.4, 0.5) is 0 Å². The summed E-state index contributed by atoms with van der Waals surface area (Å²) in [6.07, 6.45) is 5.25. The van der Waals surface area contributed by atoms with Gasteiger partial charge in [0.25, 0.3) is 0 Å². The molecule has 2 heteroatoms. The molecular formula is C16H27NO. The van der Waals surface area contributed by atoms with Crippen molar-refractivity contribution in [2.45, 2.75) is 64.5 Å². The Morgan fingerprint density at radius 2 is 1.61 bits per heavy atom. The second-order valence-corrected chi connectivity index (χ2v) is 6.15. The fourth-order valence-electron chi connectivity index (χ4n) is 2.07. The largest absolute Gasteiger partial charge is 0.392 e. The van der Waals surface area contributed by atoms with Gasteiger partial charge in [-0.15, -0.1) is 0 Å². The predicted octanol–water partition coefficient (Wildman–Crippen LogP) is 3.36. The molecular weight excluding hydrogens is 222 g/mol. The summed E-state index contributed by atoms with van der Waals surface area (Å²) in [5.74, 6) is 0. The van der Waals surface area contributed by atoms with E-state index in [9.17, 15) is 0 Å². The van der Waals surface area contributed by atoms with Gasteiger partial charge in [-0.1, -0.05) is 57.9 Å². The molecule has 3 N–H and O–H groups in total. The van der Waals surface area contributed by atoms with E-state index in [0.29, 0.717) is 6.04 Å². The number of aliphatic hydroxyl groups excluding tert-OH is 1. The molecule has 0 unspecified atom stereocenters. The summed E-state index contributed by atoms with van der Waals surface area (Å²) in [6.45, 7) is 6.67. The molecule has 0 radical (unpaired) electrons. The molecule has 0 saturated heterocycles. The van der Waals surface area contributed by atoms with Crippen LogP contribution in [0.25, 0.3) is 0 Å². The maximum Gasteiger partial charge on any atom is 0.0681 e. The molecule has 1 aromatic carbocycles. The first-order chi connectivity index (χ1) is 8.43. The summed E-state index contributed by atoms with van der Waals surface area (Å²) in [7, 11) is 0. The predicted molar refractivity (Wildman–Crippen MR) is 77.5 cm³/mol. The van der Waals surface area contributed by atoms with Crippen LogP contribution in [0.2, 0.25) is 0 Å². The summed E-state index contributed by atoms with van der Waals surface area (Å²) in [4.78, 5) is 0. The molecule has 18 heavy (non-hydrogen) atoms. The van der Waals surface area contributed by atoms with Crippen molar-refractivity contribution in [2.24, 2.45) is 5.73 Å². The van der Waals surface area contributed by atoms with Gasteiger partial charge in [0.1, 0.15) is 0 Å². The molecule has 0 aliphatic heterocycles. The lowest BCUT2D eigenvalue weighted by atomic mass is 9.87. The van der Waals surface area contributed by atoms with E-state index in [-0.39, 0.29) is 12.0 Å². The summed E-state index contributed by atoms with van der Waals surface area (Å²) in [5, 5.41) is 8.83. The van der Waals surface area contributed by atoms with Crippen LogP contribution in [0, 0.1) is 0 Å². The quantitative estimate of drug-likeness (QED) is 0.801. The second-order valence-electron chi connectivity index (χ2n) is 6.15. The van der Waals surface area contributed by atoms with E-state index in [1.54, 1.807) is 0 Å². The molecule has 0 heterocycles. The zero-order valence-corrected chi connectivity index (χ0v) is 11.9. The fourth-order valence-corrected chi connectivity index (χ4v) is 2.07. The van der Waals surface area contributed by atoms with Gasteiger partial charge in [0.2, 0.25) is 0 Å². The Morgan fingerprint density at radius 3 is 1.89 bits per heavy atom. The number of benzene rings is 1. The van der Waals surface area contributed by atoms with Crippen LogP contribution in [0.15, 0.2) is 24.3 Å². The van der Waals surface area contributed by atoms with Crippen molar-refractivity contribution in [3.05, 3.63) is 35.4 Å². The average Bonchev–Trinajstić information content (AvgIpc) is 2.80. The molecule has 0 atom stereocenters. The minimum absolute atomic E-state index is 0.129. The Labute approximate surface area is 111 Å². The highest BCUT2D eigenvalue weighted by Gasteiger charge is 2.12. The van der Waals surface area contributed by atoms with Crippen molar-refractivity contribution in [1.29, 1.82) is 0 Å². The van der Waals surface area contributed by atoms with Crippen molar-refractivity contribution in [1.82, 2.24) is 0 Å². The third kappa shape index (κ3) is 5.19. The molecule has 1 saturated carbocycles. The third-order valence-electron chi connectivity index (χ3n) is 3.40. The van der Waals surface area contributed by atoms with Gasteiger partial charge < -0.3 is 10.8 Å². The smallest absolute Gasteiger partial charge is 0.0681 e. The van der Waals surface area contributed by atoms with Crippen molar-refractivity contribution in [3.8, 4) is 0 Å². The van der Waals surface area contributed by atoms with Crippen molar-refractivity contribution in [3.63, 3.8) is 0 Å². The van der Waals surface area contributed by atoms with Crippen molar-refractivity contribution in [2.75, 3.05) is 0 Å². The molecule has 0 bridgehead atoms. The first kappa shape index (κ1) is 15.2. The number of hydrogen-bond acceptors (Lipinski definition) is 2. The molecule has 0 aromatic heterocycles. The summed E-state index contributed by atoms with van der Waals surface area (Å²) in [5.41, 5.74) is 8.02. The maximum absolute atomic E-state index is 8.83. The SMILES string of the molecule is CC(C)(C)c1ccc(CO)cc1.NC1CCCC1. The Balaban J connectivity index is 0.000000225. The van der Waals surface area contributed by atoms with Crippen LogP contribution in [0.5, 0.6) is 0 Å². The normalized spacial score (nSPS) is 16.3. The van der Waals surface area contributed by atoms with Crippen molar-refractivity contribution < 1.29 is 5.11 Å². The van der Waals surface area contributed by atoms with Crippen LogP contribution in [-0.4, -0.2) is 11.1 Å². The van der Waals surface area contributed by atoms with Crippen LogP contribution >= 0.6 is 0 Å². The van der Waals surface area contributed by atoms with E-state index in [1.165, 1.54) is 31.2 Å². The summed E-state index contributed by atoms with van der Waals surface area (Å²) in [6, 6.07) is 8.64. The number of aliphatic hydroxyl groups is 1. The molecule has 2 nitrogen and oxygen atoms in total. The van der Waals surface area contributed by atoms with Gasteiger partial charge >= 0.3 is 0 Å². The van der Waals surface area contributed by atoms with Gasteiger partial charge in [0.05, 0.1) is 6.61 Å². The zero-order valence-electron chi connectivity index (χ0n) is 11.9. The topological polar surface area (TPSA) is 46.2 Å². The Morgan fingerprint density at radius 1 is 1.11 bits per heavy atom. The minimum atomic E-state index is 0.129. The Kier molecular flexibility index (Phi) is 5.83. The van der Waals surface area contributed by atoms with Crippen LogP contribution in [0.3, 0.4) is 0 Å². The van der Waals surface area contributed by atoms with E-state index in [2.05, 4.69) is 32.9 Å². The number of nitrogens with two attached hydrogens (primary N) is 1. The molecule has 0 spiro atoms.